The van der Waals surface area contributed by atoms with Crippen LogP contribution in [0.15, 0.2) is 30.5 Å². The fourth-order valence-electron chi connectivity index (χ4n) is 1.40. The van der Waals surface area contributed by atoms with Crippen molar-refractivity contribution in [2.75, 3.05) is 0 Å². The molecule has 17 heavy (non-hydrogen) atoms. The Morgan fingerprint density at radius 2 is 2.12 bits per heavy atom. The minimum Gasteiger partial charge on any atom is -0.476 e. The second kappa shape index (κ2) is 4.39. The Kier molecular flexibility index (Phi) is 2.93. The third-order valence-corrected chi connectivity index (χ3v) is 2.49. The summed E-state index contributed by atoms with van der Waals surface area (Å²) in [5.41, 5.74) is 0.238. The van der Waals surface area contributed by atoms with Crippen LogP contribution in [0.3, 0.4) is 0 Å². The minimum absolute atomic E-state index is 0.0115. The number of nitrogens with zero attached hydrogens (tertiary/aromatic N) is 2. The lowest BCUT2D eigenvalue weighted by Crippen LogP contribution is -2.02. The Morgan fingerprint density at radius 1 is 1.41 bits per heavy atom. The largest absolute Gasteiger partial charge is 0.476 e. The predicted octanol–water partition coefficient (Wildman–Crippen LogP) is 2.04. The molecule has 2 aromatic rings. The molecule has 0 amide bonds. The van der Waals surface area contributed by atoms with E-state index in [1.54, 1.807) is 24.3 Å². The van der Waals surface area contributed by atoms with Gasteiger partial charge >= 0.3 is 5.97 Å². The van der Waals surface area contributed by atoms with Crippen molar-refractivity contribution in [3.8, 4) is 5.69 Å². The molecule has 0 saturated carbocycles. The summed E-state index contributed by atoms with van der Waals surface area (Å²) >= 11 is 5.95. The van der Waals surface area contributed by atoms with Crippen molar-refractivity contribution in [1.82, 2.24) is 9.78 Å². The van der Waals surface area contributed by atoms with Crippen molar-refractivity contribution in [2.45, 2.75) is 0 Å². The Hall–Kier alpha value is -2.14. The van der Waals surface area contributed by atoms with Gasteiger partial charge in [0.1, 0.15) is 0 Å². The third-order valence-electron chi connectivity index (χ3n) is 2.17. The molecule has 0 bridgehead atoms. The Bertz CT molecular complexity index is 592. The van der Waals surface area contributed by atoms with Crippen LogP contribution in [-0.4, -0.2) is 27.1 Å². The quantitative estimate of drug-likeness (QED) is 0.846. The van der Waals surface area contributed by atoms with E-state index in [2.05, 4.69) is 5.10 Å². The first-order valence-corrected chi connectivity index (χ1v) is 5.04. The number of hydrogen-bond acceptors (Lipinski definition) is 3. The summed E-state index contributed by atoms with van der Waals surface area (Å²) in [6.45, 7) is 0. The van der Waals surface area contributed by atoms with E-state index in [9.17, 15) is 9.59 Å². The van der Waals surface area contributed by atoms with Gasteiger partial charge in [-0.1, -0.05) is 23.7 Å². The van der Waals surface area contributed by atoms with Gasteiger partial charge in [-0.05, 0) is 12.1 Å². The number of aromatic nitrogens is 2. The number of aromatic carboxylic acids is 1. The number of para-hydroxylation sites is 1. The van der Waals surface area contributed by atoms with Gasteiger partial charge in [-0.2, -0.15) is 5.10 Å². The molecule has 86 valence electrons. The fraction of sp³-hybridized carbons (Fsp3) is 0. The van der Waals surface area contributed by atoms with E-state index in [1.165, 1.54) is 10.9 Å². The molecule has 1 heterocycles. The zero-order chi connectivity index (χ0) is 12.4. The predicted molar refractivity (Wildman–Crippen MR) is 60.9 cm³/mol. The van der Waals surface area contributed by atoms with Crippen molar-refractivity contribution < 1.29 is 14.7 Å². The van der Waals surface area contributed by atoms with Crippen LogP contribution in [0.4, 0.5) is 0 Å². The summed E-state index contributed by atoms with van der Waals surface area (Å²) in [5, 5.41) is 13.1. The molecular weight excluding hydrogens is 244 g/mol. The number of hydrogen-bond donors (Lipinski definition) is 1. The van der Waals surface area contributed by atoms with Crippen LogP contribution in [0.25, 0.3) is 5.69 Å². The SMILES string of the molecule is O=Cc1cn(-c2ccccc2Cl)nc1C(=O)O. The lowest BCUT2D eigenvalue weighted by atomic mass is 10.3. The first-order valence-electron chi connectivity index (χ1n) is 4.66. The van der Waals surface area contributed by atoms with E-state index < -0.39 is 5.97 Å². The number of carbonyl (C=O) groups is 2. The van der Waals surface area contributed by atoms with Gasteiger partial charge in [-0.25, -0.2) is 9.48 Å². The van der Waals surface area contributed by atoms with Crippen molar-refractivity contribution in [3.63, 3.8) is 0 Å². The maximum absolute atomic E-state index is 10.8. The van der Waals surface area contributed by atoms with Gasteiger partial charge in [0.2, 0.25) is 0 Å². The van der Waals surface area contributed by atoms with Crippen LogP contribution in [0.1, 0.15) is 20.8 Å². The maximum atomic E-state index is 10.8. The highest BCUT2D eigenvalue weighted by Crippen LogP contribution is 2.20. The first kappa shape index (κ1) is 11.3. The molecule has 1 N–H and O–H groups in total. The topological polar surface area (TPSA) is 72.2 Å². The Balaban J connectivity index is 2.58. The standard InChI is InChI=1S/C11H7ClN2O3/c12-8-3-1-2-4-9(8)14-5-7(6-15)10(13-14)11(16)17/h1-6H,(H,16,17). The molecule has 1 aromatic heterocycles. The van der Waals surface area contributed by atoms with Crippen LogP contribution >= 0.6 is 11.6 Å². The number of carboxylic acid groups (broad SMARTS) is 1. The van der Waals surface area contributed by atoms with Crippen molar-refractivity contribution in [2.24, 2.45) is 0 Å². The molecule has 0 radical (unpaired) electrons. The van der Waals surface area contributed by atoms with Gasteiger partial charge in [0.15, 0.2) is 12.0 Å². The average molecular weight is 251 g/mol. The second-order valence-corrected chi connectivity index (χ2v) is 3.66. The van der Waals surface area contributed by atoms with Crippen LogP contribution in [0, 0.1) is 0 Å². The summed E-state index contributed by atoms with van der Waals surface area (Å²) in [6.07, 6.45) is 1.78. The van der Waals surface area contributed by atoms with E-state index in [0.717, 1.165) is 0 Å². The van der Waals surface area contributed by atoms with Gasteiger partial charge in [-0.15, -0.1) is 0 Å². The van der Waals surface area contributed by atoms with Gasteiger partial charge in [-0.3, -0.25) is 4.79 Å². The van der Waals surface area contributed by atoms with E-state index >= 15 is 0 Å². The van der Waals surface area contributed by atoms with Crippen molar-refractivity contribution >= 4 is 23.9 Å². The fourth-order valence-corrected chi connectivity index (χ4v) is 1.62. The lowest BCUT2D eigenvalue weighted by molar-refractivity contribution is 0.0687. The zero-order valence-electron chi connectivity index (χ0n) is 8.50. The molecule has 1 aromatic carbocycles. The molecule has 0 saturated heterocycles. The molecule has 0 fully saturated rings. The van der Waals surface area contributed by atoms with Crippen LogP contribution < -0.4 is 0 Å². The highest BCUT2D eigenvalue weighted by molar-refractivity contribution is 6.32. The average Bonchev–Trinajstić information content (AvgIpc) is 2.73. The number of carboxylic acids is 1. The van der Waals surface area contributed by atoms with E-state index in [4.69, 9.17) is 16.7 Å². The number of aldehydes is 1. The van der Waals surface area contributed by atoms with Crippen LogP contribution in [0.5, 0.6) is 0 Å². The maximum Gasteiger partial charge on any atom is 0.357 e. The summed E-state index contributed by atoms with van der Waals surface area (Å²) in [6, 6.07) is 6.81. The highest BCUT2D eigenvalue weighted by atomic mass is 35.5. The highest BCUT2D eigenvalue weighted by Gasteiger charge is 2.16. The summed E-state index contributed by atoms with van der Waals surface area (Å²) in [7, 11) is 0. The number of carbonyl (C=O) groups excluding carboxylic acids is 1. The Morgan fingerprint density at radius 3 is 2.65 bits per heavy atom. The van der Waals surface area contributed by atoms with Crippen molar-refractivity contribution in [1.29, 1.82) is 0 Å². The van der Waals surface area contributed by atoms with Crippen LogP contribution in [-0.2, 0) is 0 Å². The van der Waals surface area contributed by atoms with E-state index in [-0.39, 0.29) is 11.3 Å². The molecule has 6 heteroatoms. The number of rotatable bonds is 3. The monoisotopic (exact) mass is 250 g/mol. The zero-order valence-corrected chi connectivity index (χ0v) is 9.26. The van der Waals surface area contributed by atoms with Gasteiger partial charge in [0, 0.05) is 6.20 Å². The molecule has 0 spiro atoms. The lowest BCUT2D eigenvalue weighted by Gasteiger charge is -2.02. The van der Waals surface area contributed by atoms with Gasteiger partial charge in [0.25, 0.3) is 0 Å². The molecule has 0 aliphatic rings. The third kappa shape index (κ3) is 2.05. The Labute approximate surface area is 101 Å². The molecule has 0 aliphatic heterocycles. The molecule has 0 aliphatic carbocycles. The summed E-state index contributed by atoms with van der Waals surface area (Å²) in [4.78, 5) is 21.6. The second-order valence-electron chi connectivity index (χ2n) is 3.25. The molecule has 0 unspecified atom stereocenters. The smallest absolute Gasteiger partial charge is 0.357 e. The van der Waals surface area contributed by atoms with E-state index in [1.807, 2.05) is 0 Å². The first-order chi connectivity index (χ1) is 8.13. The van der Waals surface area contributed by atoms with Gasteiger partial charge < -0.3 is 5.11 Å². The normalized spacial score (nSPS) is 10.2. The van der Waals surface area contributed by atoms with Crippen molar-refractivity contribution in [3.05, 3.63) is 46.7 Å². The summed E-state index contributed by atoms with van der Waals surface area (Å²) in [5.74, 6) is -1.25. The molecule has 0 atom stereocenters. The minimum atomic E-state index is -1.25. The molecular formula is C11H7ClN2O3. The number of halogens is 1. The number of benzene rings is 1. The van der Waals surface area contributed by atoms with Crippen LogP contribution in [0.2, 0.25) is 5.02 Å². The molecule has 5 nitrogen and oxygen atoms in total. The summed E-state index contributed by atoms with van der Waals surface area (Å²) < 4.78 is 1.27. The van der Waals surface area contributed by atoms with Gasteiger partial charge in [0.05, 0.1) is 16.3 Å². The molecule has 2 rings (SSSR count). The van der Waals surface area contributed by atoms with E-state index in [0.29, 0.717) is 17.0 Å².